The number of carbonyl (C=O) groups is 1. The van der Waals surface area contributed by atoms with Crippen LogP contribution in [0.4, 0.5) is 0 Å². The lowest BCUT2D eigenvalue weighted by molar-refractivity contribution is -0.148. The predicted molar refractivity (Wildman–Crippen MR) is 80.2 cm³/mol. The van der Waals surface area contributed by atoms with E-state index in [-0.39, 0.29) is 6.04 Å². The van der Waals surface area contributed by atoms with Crippen molar-refractivity contribution in [3.63, 3.8) is 0 Å². The van der Waals surface area contributed by atoms with Crippen LogP contribution in [0.5, 0.6) is 5.75 Å². The maximum absolute atomic E-state index is 11.2. The molecule has 20 heavy (non-hydrogen) atoms. The molecule has 1 aromatic rings. The molecule has 1 aromatic carbocycles. The summed E-state index contributed by atoms with van der Waals surface area (Å²) in [5, 5.41) is 9.20. The lowest BCUT2D eigenvalue weighted by Gasteiger charge is -2.31. The average Bonchev–Trinajstić information content (AvgIpc) is 2.38. The number of para-hydroxylation sites is 1. The van der Waals surface area contributed by atoms with Gasteiger partial charge < -0.3 is 14.7 Å². The molecule has 1 N–H and O–H groups in total. The maximum Gasteiger partial charge on any atom is 0.310 e. The van der Waals surface area contributed by atoms with E-state index in [0.717, 1.165) is 17.7 Å². The van der Waals surface area contributed by atoms with Crippen LogP contribution in [0.3, 0.4) is 0 Å². The summed E-state index contributed by atoms with van der Waals surface area (Å²) in [6, 6.07) is 8.18. The van der Waals surface area contributed by atoms with Crippen LogP contribution in [0, 0.1) is 5.41 Å². The van der Waals surface area contributed by atoms with E-state index in [4.69, 9.17) is 4.74 Å². The summed E-state index contributed by atoms with van der Waals surface area (Å²) < 4.78 is 5.35. The predicted octanol–water partition coefficient (Wildman–Crippen LogP) is 2.67. The molecule has 1 unspecified atom stereocenters. The number of likely N-dealkylation sites (N-methyl/N-ethyl adjacent to an activating group) is 1. The van der Waals surface area contributed by atoms with Gasteiger partial charge in [0.25, 0.3) is 0 Å². The lowest BCUT2D eigenvalue weighted by atomic mass is 9.92. The molecule has 4 nitrogen and oxygen atoms in total. The van der Waals surface area contributed by atoms with Crippen molar-refractivity contribution >= 4 is 5.97 Å². The van der Waals surface area contributed by atoms with E-state index < -0.39 is 11.4 Å². The van der Waals surface area contributed by atoms with Crippen molar-refractivity contribution in [3.05, 3.63) is 29.8 Å². The third-order valence-electron chi connectivity index (χ3n) is 3.68. The number of carboxylic acids is 1. The Morgan fingerprint density at radius 1 is 1.40 bits per heavy atom. The van der Waals surface area contributed by atoms with Gasteiger partial charge in [0.05, 0.1) is 12.5 Å². The molecule has 0 aromatic heterocycles. The SMILES string of the molecule is COc1ccccc1CC(C)N(C)CC(C)(C)C(=O)O. The Labute approximate surface area is 121 Å². The molecule has 0 fully saturated rings. The summed E-state index contributed by atoms with van der Waals surface area (Å²) in [5.74, 6) is 0.110. The van der Waals surface area contributed by atoms with E-state index in [9.17, 15) is 9.90 Å². The van der Waals surface area contributed by atoms with Crippen LogP contribution in [0.2, 0.25) is 0 Å². The zero-order valence-electron chi connectivity index (χ0n) is 13.0. The van der Waals surface area contributed by atoms with Crippen LogP contribution >= 0.6 is 0 Å². The zero-order chi connectivity index (χ0) is 15.3. The van der Waals surface area contributed by atoms with Crippen molar-refractivity contribution < 1.29 is 14.6 Å². The molecule has 0 bridgehead atoms. The molecule has 0 saturated carbocycles. The van der Waals surface area contributed by atoms with E-state index in [1.165, 1.54) is 0 Å². The Kier molecular flexibility index (Phi) is 5.57. The normalized spacial score (nSPS) is 13.3. The topological polar surface area (TPSA) is 49.8 Å². The minimum absolute atomic E-state index is 0.241. The highest BCUT2D eigenvalue weighted by Gasteiger charge is 2.30. The second kappa shape index (κ2) is 6.75. The number of carboxylic acid groups (broad SMARTS) is 1. The van der Waals surface area contributed by atoms with E-state index in [2.05, 4.69) is 11.8 Å². The maximum atomic E-state index is 11.2. The highest BCUT2D eigenvalue weighted by molar-refractivity contribution is 5.73. The highest BCUT2D eigenvalue weighted by atomic mass is 16.5. The minimum atomic E-state index is -0.770. The first-order chi connectivity index (χ1) is 9.27. The monoisotopic (exact) mass is 279 g/mol. The molecule has 0 saturated heterocycles. The van der Waals surface area contributed by atoms with Crippen molar-refractivity contribution in [1.29, 1.82) is 0 Å². The van der Waals surface area contributed by atoms with Gasteiger partial charge in [-0.3, -0.25) is 4.79 Å². The Balaban J connectivity index is 2.71. The highest BCUT2D eigenvalue weighted by Crippen LogP contribution is 2.22. The number of rotatable bonds is 7. The molecule has 0 aliphatic rings. The van der Waals surface area contributed by atoms with Gasteiger partial charge in [0, 0.05) is 12.6 Å². The van der Waals surface area contributed by atoms with Gasteiger partial charge in [0.1, 0.15) is 5.75 Å². The smallest absolute Gasteiger partial charge is 0.310 e. The first-order valence-corrected chi connectivity index (χ1v) is 6.83. The Morgan fingerprint density at radius 3 is 2.55 bits per heavy atom. The van der Waals surface area contributed by atoms with Gasteiger partial charge in [-0.15, -0.1) is 0 Å². The standard InChI is InChI=1S/C16H25NO3/c1-12(17(4)11-16(2,3)15(18)19)10-13-8-6-7-9-14(13)20-5/h6-9,12H,10-11H2,1-5H3,(H,18,19). The quantitative estimate of drug-likeness (QED) is 0.833. The lowest BCUT2D eigenvalue weighted by Crippen LogP contribution is -2.42. The Morgan fingerprint density at radius 2 is 2.00 bits per heavy atom. The summed E-state index contributed by atoms with van der Waals surface area (Å²) in [6.45, 7) is 6.12. The van der Waals surface area contributed by atoms with Crippen LogP contribution in [0.1, 0.15) is 26.3 Å². The number of aliphatic carboxylic acids is 1. The van der Waals surface area contributed by atoms with Gasteiger partial charge in [-0.2, -0.15) is 0 Å². The summed E-state index contributed by atoms with van der Waals surface area (Å²) >= 11 is 0. The molecule has 4 heteroatoms. The fraction of sp³-hybridized carbons (Fsp3) is 0.562. The van der Waals surface area contributed by atoms with Crippen molar-refractivity contribution in [2.24, 2.45) is 5.41 Å². The van der Waals surface area contributed by atoms with E-state index in [1.807, 2.05) is 31.3 Å². The van der Waals surface area contributed by atoms with Crippen LogP contribution in [0.25, 0.3) is 0 Å². The fourth-order valence-corrected chi connectivity index (χ4v) is 2.19. The largest absolute Gasteiger partial charge is 0.496 e. The van der Waals surface area contributed by atoms with Gasteiger partial charge >= 0.3 is 5.97 Å². The molecule has 0 aliphatic carbocycles. The molecule has 1 atom stereocenters. The van der Waals surface area contributed by atoms with Gasteiger partial charge in [-0.25, -0.2) is 0 Å². The van der Waals surface area contributed by atoms with Gasteiger partial charge in [0.2, 0.25) is 0 Å². The van der Waals surface area contributed by atoms with Gasteiger partial charge in [-0.1, -0.05) is 18.2 Å². The van der Waals surface area contributed by atoms with E-state index in [1.54, 1.807) is 21.0 Å². The molecular weight excluding hydrogens is 254 g/mol. The van der Waals surface area contributed by atoms with Crippen molar-refractivity contribution in [1.82, 2.24) is 4.90 Å². The summed E-state index contributed by atoms with van der Waals surface area (Å²) in [5.41, 5.74) is 0.395. The van der Waals surface area contributed by atoms with Crippen LogP contribution < -0.4 is 4.74 Å². The van der Waals surface area contributed by atoms with Crippen LogP contribution in [0.15, 0.2) is 24.3 Å². The number of methoxy groups -OCH3 is 1. The number of ether oxygens (including phenoxy) is 1. The molecule has 1 rings (SSSR count). The van der Waals surface area contributed by atoms with Crippen molar-refractivity contribution in [2.45, 2.75) is 33.2 Å². The number of benzene rings is 1. The number of hydrogen-bond donors (Lipinski definition) is 1. The molecule has 0 aliphatic heterocycles. The Hall–Kier alpha value is -1.55. The first kappa shape index (κ1) is 16.5. The van der Waals surface area contributed by atoms with Gasteiger partial charge in [0.15, 0.2) is 0 Å². The third-order valence-corrected chi connectivity index (χ3v) is 3.68. The summed E-state index contributed by atoms with van der Waals surface area (Å²) in [4.78, 5) is 13.3. The van der Waals surface area contributed by atoms with E-state index in [0.29, 0.717) is 6.54 Å². The van der Waals surface area contributed by atoms with Crippen LogP contribution in [-0.4, -0.2) is 42.7 Å². The average molecular weight is 279 g/mol. The second-order valence-corrected chi connectivity index (χ2v) is 5.97. The number of hydrogen-bond acceptors (Lipinski definition) is 3. The fourth-order valence-electron chi connectivity index (χ4n) is 2.19. The molecular formula is C16H25NO3. The minimum Gasteiger partial charge on any atom is -0.496 e. The van der Waals surface area contributed by atoms with Gasteiger partial charge in [-0.05, 0) is 45.9 Å². The Bertz CT molecular complexity index is 457. The summed E-state index contributed by atoms with van der Waals surface area (Å²) in [6.07, 6.45) is 0.830. The number of nitrogens with zero attached hydrogens (tertiary/aromatic N) is 1. The van der Waals surface area contributed by atoms with Crippen molar-refractivity contribution in [3.8, 4) is 5.75 Å². The second-order valence-electron chi connectivity index (χ2n) is 5.97. The molecule has 112 valence electrons. The molecule has 0 amide bonds. The third kappa shape index (κ3) is 4.23. The van der Waals surface area contributed by atoms with Crippen molar-refractivity contribution in [2.75, 3.05) is 20.7 Å². The molecule has 0 radical (unpaired) electrons. The summed E-state index contributed by atoms with van der Waals surface area (Å²) in [7, 11) is 3.63. The first-order valence-electron chi connectivity index (χ1n) is 6.83. The molecule has 0 heterocycles. The molecule has 0 spiro atoms. The zero-order valence-corrected chi connectivity index (χ0v) is 13.0. The van der Waals surface area contributed by atoms with E-state index >= 15 is 0 Å². The van der Waals surface area contributed by atoms with Crippen LogP contribution in [-0.2, 0) is 11.2 Å².